The first-order valence-corrected chi connectivity index (χ1v) is 14.8. The molecule has 1 aromatic rings. The first kappa shape index (κ1) is 29.0. The maximum atomic E-state index is 12.4. The molecule has 0 radical (unpaired) electrons. The highest BCUT2D eigenvalue weighted by Gasteiger charge is 2.56. The number of hydrogen-bond acceptors (Lipinski definition) is 4. The van der Waals surface area contributed by atoms with Gasteiger partial charge in [-0.3, -0.25) is 4.79 Å². The smallest absolute Gasteiger partial charge is 0.309 e. The lowest BCUT2D eigenvalue weighted by Crippen LogP contribution is -2.51. The third-order valence-corrected chi connectivity index (χ3v) is 11.4. The second kappa shape index (κ2) is 9.57. The first-order valence-electron chi connectivity index (χ1n) is 14.8. The zero-order chi connectivity index (χ0) is 28.4. The quantitative estimate of drug-likeness (QED) is 0.353. The van der Waals surface area contributed by atoms with Crippen LogP contribution < -0.4 is 15.2 Å². The fourth-order valence-corrected chi connectivity index (χ4v) is 8.44. The molecule has 3 aliphatic rings. The summed E-state index contributed by atoms with van der Waals surface area (Å²) >= 11 is 0. The van der Waals surface area contributed by atoms with Crippen LogP contribution in [0.15, 0.2) is 17.7 Å². The molecule has 3 N–H and O–H groups in total. The van der Waals surface area contributed by atoms with Gasteiger partial charge in [0.05, 0.1) is 5.41 Å². The van der Waals surface area contributed by atoms with Crippen molar-refractivity contribution in [2.24, 2.45) is 33.8 Å². The minimum atomic E-state index is -0.679. The number of rotatable bonds is 7. The van der Waals surface area contributed by atoms with E-state index < -0.39 is 17.2 Å². The summed E-state index contributed by atoms with van der Waals surface area (Å²) in [6.45, 7) is 22.7. The zero-order valence-electron chi connectivity index (χ0n) is 25.5. The highest BCUT2D eigenvalue weighted by Crippen LogP contribution is 2.64. The van der Waals surface area contributed by atoms with Crippen molar-refractivity contribution in [2.75, 3.05) is 6.54 Å². The van der Waals surface area contributed by atoms with Gasteiger partial charge in [-0.25, -0.2) is 0 Å². The second-order valence-electron chi connectivity index (χ2n) is 13.8. The van der Waals surface area contributed by atoms with Crippen molar-refractivity contribution in [3.8, 4) is 11.5 Å². The number of ether oxygens (including phenoxy) is 2. The van der Waals surface area contributed by atoms with Crippen LogP contribution >= 0.6 is 0 Å². The molecule has 1 aliphatic heterocycles. The highest BCUT2D eigenvalue weighted by molar-refractivity contribution is 5.74. The molecule has 4 rings (SSSR count). The van der Waals surface area contributed by atoms with Crippen LogP contribution in [0, 0.1) is 35.0 Å². The topological polar surface area (TPSA) is 81.8 Å². The summed E-state index contributed by atoms with van der Waals surface area (Å²) in [6.07, 6.45) is 6.91. The molecule has 1 heterocycles. The Hall–Kier alpha value is -2.01. The van der Waals surface area contributed by atoms with E-state index in [-0.39, 0.29) is 22.7 Å². The Morgan fingerprint density at radius 2 is 1.82 bits per heavy atom. The second-order valence-corrected chi connectivity index (χ2v) is 13.8. The predicted octanol–water partition coefficient (Wildman–Crippen LogP) is 7.95. The monoisotopic (exact) mass is 525 g/mol. The molecule has 7 atom stereocenters. The number of hydrogen-bond donors (Lipinski definition) is 2. The summed E-state index contributed by atoms with van der Waals surface area (Å²) in [4.78, 5) is 12.4. The summed E-state index contributed by atoms with van der Waals surface area (Å²) < 4.78 is 12.4. The van der Waals surface area contributed by atoms with E-state index in [1.807, 2.05) is 20.8 Å². The van der Waals surface area contributed by atoms with Crippen molar-refractivity contribution in [2.45, 2.75) is 119 Å². The number of fused-ring (bicyclic) bond motifs is 2. The van der Waals surface area contributed by atoms with Crippen LogP contribution in [0.3, 0.4) is 0 Å². The Balaban J connectivity index is 1.84. The van der Waals surface area contributed by atoms with Crippen molar-refractivity contribution < 1.29 is 19.4 Å². The molecule has 1 saturated carbocycles. The summed E-state index contributed by atoms with van der Waals surface area (Å²) in [5.41, 5.74) is 10.8. The van der Waals surface area contributed by atoms with Gasteiger partial charge in [-0.2, -0.15) is 0 Å². The lowest BCUT2D eigenvalue weighted by atomic mass is 9.46. The van der Waals surface area contributed by atoms with E-state index in [0.29, 0.717) is 18.4 Å². The van der Waals surface area contributed by atoms with Gasteiger partial charge >= 0.3 is 5.97 Å². The molecule has 0 spiro atoms. The van der Waals surface area contributed by atoms with Crippen LogP contribution in [0.5, 0.6) is 11.5 Å². The molecular weight excluding hydrogens is 474 g/mol. The average molecular weight is 526 g/mol. The molecule has 38 heavy (non-hydrogen) atoms. The molecule has 212 valence electrons. The summed E-state index contributed by atoms with van der Waals surface area (Å²) in [5.74, 6) is 1.44. The molecule has 5 nitrogen and oxygen atoms in total. The van der Waals surface area contributed by atoms with Gasteiger partial charge in [0.2, 0.25) is 5.79 Å². The Labute approximate surface area is 230 Å². The van der Waals surface area contributed by atoms with Gasteiger partial charge in [-0.05, 0) is 91.4 Å². The molecule has 0 bridgehead atoms. The number of benzene rings is 1. The van der Waals surface area contributed by atoms with Gasteiger partial charge in [-0.1, -0.05) is 53.2 Å². The van der Waals surface area contributed by atoms with E-state index in [1.54, 1.807) is 0 Å². The van der Waals surface area contributed by atoms with Gasteiger partial charge in [0.1, 0.15) is 0 Å². The van der Waals surface area contributed by atoms with Gasteiger partial charge in [0.15, 0.2) is 11.5 Å². The van der Waals surface area contributed by atoms with Gasteiger partial charge in [-0.15, -0.1) is 0 Å². The lowest BCUT2D eigenvalue weighted by molar-refractivity contribution is -0.155. The number of nitrogens with two attached hydrogens (primary N) is 1. The Bertz CT molecular complexity index is 1140. The molecule has 1 unspecified atom stereocenters. The molecule has 1 fully saturated rings. The van der Waals surface area contributed by atoms with E-state index in [2.05, 4.69) is 60.6 Å². The van der Waals surface area contributed by atoms with Crippen LogP contribution in [-0.4, -0.2) is 23.4 Å². The van der Waals surface area contributed by atoms with Gasteiger partial charge < -0.3 is 20.3 Å². The number of carboxylic acids is 1. The Kier molecular flexibility index (Phi) is 7.30. The lowest BCUT2D eigenvalue weighted by Gasteiger charge is -2.58. The maximum absolute atomic E-state index is 12.4. The SMILES string of the molecule is CCC(C)(C1=C[C@@H](CN)c2c(cc3c(c2C)OC(C)(C)O3)[C@H]1C)[C@@](C)(CC)[C@@H]1C[C@](C)(C(=O)O)CC[C@H]1C. The van der Waals surface area contributed by atoms with E-state index in [0.717, 1.165) is 49.2 Å². The van der Waals surface area contributed by atoms with E-state index in [9.17, 15) is 9.90 Å². The largest absolute Gasteiger partial charge is 0.481 e. The van der Waals surface area contributed by atoms with Crippen LogP contribution in [0.2, 0.25) is 0 Å². The third-order valence-electron chi connectivity index (χ3n) is 11.4. The molecule has 1 aromatic carbocycles. The fraction of sp³-hybridized carbons (Fsp3) is 0.727. The normalized spacial score (nSPS) is 33.1. The molecule has 2 aliphatic carbocycles. The zero-order valence-corrected chi connectivity index (χ0v) is 25.5. The van der Waals surface area contributed by atoms with Crippen LogP contribution in [0.1, 0.15) is 123 Å². The first-order chi connectivity index (χ1) is 17.6. The number of aliphatic carboxylic acids is 1. The molecule has 0 saturated heterocycles. The minimum absolute atomic E-state index is 0.0670. The third kappa shape index (κ3) is 4.19. The van der Waals surface area contributed by atoms with E-state index in [1.165, 1.54) is 16.7 Å². The molecular formula is C33H51NO4. The minimum Gasteiger partial charge on any atom is -0.481 e. The standard InChI is InChI=1S/C33H51NO4/c1-11-32(9,33(10,12-2)25-17-31(8,29(35)36)14-13-19(25)3)24-15-22(18-34)27-21(5)28-26(16-23(27)20(24)4)37-30(6,7)38-28/h15-16,19-20,22,25H,11-14,17-18,34H2,1-10H3,(H,35,36)/t19-,20-,22+,25-,31-,32?,33+/m1/s1. The number of carbonyl (C=O) groups is 1. The predicted molar refractivity (Wildman–Crippen MR) is 154 cm³/mol. The van der Waals surface area contributed by atoms with Crippen molar-refractivity contribution in [1.82, 2.24) is 0 Å². The van der Waals surface area contributed by atoms with Crippen LogP contribution in [-0.2, 0) is 4.79 Å². The van der Waals surface area contributed by atoms with E-state index >= 15 is 0 Å². The summed E-state index contributed by atoms with van der Waals surface area (Å²) in [6, 6.07) is 2.21. The van der Waals surface area contributed by atoms with Crippen molar-refractivity contribution in [3.05, 3.63) is 34.4 Å². The molecule has 5 heteroatoms. The molecule has 0 aromatic heterocycles. The highest BCUT2D eigenvalue weighted by atomic mass is 16.7. The maximum Gasteiger partial charge on any atom is 0.309 e. The number of allylic oxidation sites excluding steroid dienone is 1. The summed E-state index contributed by atoms with van der Waals surface area (Å²) in [5, 5.41) is 10.2. The van der Waals surface area contributed by atoms with Gasteiger partial charge in [0.25, 0.3) is 0 Å². The average Bonchev–Trinajstić information content (AvgIpc) is 3.19. The molecule has 0 amide bonds. The Morgan fingerprint density at radius 1 is 1.16 bits per heavy atom. The van der Waals surface area contributed by atoms with Crippen LogP contribution in [0.25, 0.3) is 0 Å². The van der Waals surface area contributed by atoms with Crippen molar-refractivity contribution in [3.63, 3.8) is 0 Å². The fourth-order valence-electron chi connectivity index (χ4n) is 8.44. The van der Waals surface area contributed by atoms with Gasteiger partial charge in [0, 0.05) is 32.2 Å². The van der Waals surface area contributed by atoms with Crippen molar-refractivity contribution >= 4 is 5.97 Å². The van der Waals surface area contributed by atoms with Crippen molar-refractivity contribution in [1.29, 1.82) is 0 Å². The summed E-state index contributed by atoms with van der Waals surface area (Å²) in [7, 11) is 0. The Morgan fingerprint density at radius 3 is 2.37 bits per heavy atom. The van der Waals surface area contributed by atoms with E-state index in [4.69, 9.17) is 15.2 Å². The van der Waals surface area contributed by atoms with Crippen LogP contribution in [0.4, 0.5) is 0 Å². The number of carboxylic acid groups (broad SMARTS) is 1.